The molecule has 0 fully saturated rings. The first-order chi connectivity index (χ1) is 11.1. The van der Waals surface area contributed by atoms with Crippen LogP contribution in [0.4, 0.5) is 5.82 Å². The lowest BCUT2D eigenvalue weighted by Gasteiger charge is -2.09. The molecule has 0 unspecified atom stereocenters. The van der Waals surface area contributed by atoms with Gasteiger partial charge in [-0.3, -0.25) is 0 Å². The third-order valence-corrected chi connectivity index (χ3v) is 5.06. The highest BCUT2D eigenvalue weighted by Gasteiger charge is 2.19. The maximum absolute atomic E-state index is 9.10. The number of fused-ring (bicyclic) bond motifs is 1. The van der Waals surface area contributed by atoms with E-state index in [0.717, 1.165) is 27.8 Å². The van der Waals surface area contributed by atoms with E-state index in [2.05, 4.69) is 53.4 Å². The Bertz CT molecular complexity index is 830. The Hall–Kier alpha value is -1.69. The number of nitrogens with one attached hydrogen (secondary N) is 1. The molecule has 0 aliphatic heterocycles. The Labute approximate surface area is 144 Å². The second-order valence-electron chi connectivity index (χ2n) is 5.29. The zero-order chi connectivity index (χ0) is 16.4. The lowest BCUT2D eigenvalue weighted by molar-refractivity contribution is 0.311. The van der Waals surface area contributed by atoms with E-state index >= 15 is 0 Å². The van der Waals surface area contributed by atoms with Gasteiger partial charge in [-0.2, -0.15) is 0 Å². The van der Waals surface area contributed by atoms with Gasteiger partial charge in [0.15, 0.2) is 0 Å². The fourth-order valence-electron chi connectivity index (χ4n) is 2.60. The van der Waals surface area contributed by atoms with Crippen LogP contribution < -0.4 is 5.32 Å². The first kappa shape index (κ1) is 16.2. The standard InChI is InChI=1S/C17H18ClN3OS/c1-3-12-13(11-6-4-10(2)5-7-11)14-15(19-8-9-22)20-17(18)21-16(14)23-12/h4-7,22H,3,8-9H2,1-2H3,(H,19,20,21). The number of benzene rings is 1. The molecule has 4 nitrogen and oxygen atoms in total. The van der Waals surface area contributed by atoms with Crippen molar-refractivity contribution in [1.29, 1.82) is 0 Å². The maximum Gasteiger partial charge on any atom is 0.225 e. The molecule has 23 heavy (non-hydrogen) atoms. The predicted octanol–water partition coefficient (Wildman–Crippen LogP) is 4.29. The molecule has 3 rings (SSSR count). The van der Waals surface area contributed by atoms with E-state index in [0.29, 0.717) is 12.4 Å². The van der Waals surface area contributed by atoms with E-state index in [9.17, 15) is 0 Å². The summed E-state index contributed by atoms with van der Waals surface area (Å²) in [5, 5.41) is 13.5. The summed E-state index contributed by atoms with van der Waals surface area (Å²) >= 11 is 7.70. The van der Waals surface area contributed by atoms with Crippen LogP contribution in [-0.4, -0.2) is 28.2 Å². The minimum atomic E-state index is 0.0355. The van der Waals surface area contributed by atoms with Crippen molar-refractivity contribution in [2.45, 2.75) is 20.3 Å². The van der Waals surface area contributed by atoms with Gasteiger partial charge in [-0.15, -0.1) is 11.3 Å². The van der Waals surface area contributed by atoms with E-state index in [1.54, 1.807) is 11.3 Å². The summed E-state index contributed by atoms with van der Waals surface area (Å²) in [5.74, 6) is 0.681. The Morgan fingerprint density at radius 2 is 1.96 bits per heavy atom. The number of aryl methyl sites for hydroxylation is 2. The van der Waals surface area contributed by atoms with Gasteiger partial charge in [0, 0.05) is 17.0 Å². The molecular weight excluding hydrogens is 330 g/mol. The quantitative estimate of drug-likeness (QED) is 0.676. The van der Waals surface area contributed by atoms with Gasteiger partial charge < -0.3 is 10.4 Å². The van der Waals surface area contributed by atoms with Crippen molar-refractivity contribution >= 4 is 39.0 Å². The van der Waals surface area contributed by atoms with Gasteiger partial charge in [0.2, 0.25) is 5.28 Å². The lowest BCUT2D eigenvalue weighted by Crippen LogP contribution is -2.08. The van der Waals surface area contributed by atoms with Gasteiger partial charge in [0.1, 0.15) is 10.6 Å². The smallest absolute Gasteiger partial charge is 0.225 e. The molecule has 120 valence electrons. The van der Waals surface area contributed by atoms with E-state index in [-0.39, 0.29) is 11.9 Å². The first-order valence-electron chi connectivity index (χ1n) is 7.54. The summed E-state index contributed by atoms with van der Waals surface area (Å²) in [6.45, 7) is 4.67. The molecule has 6 heteroatoms. The van der Waals surface area contributed by atoms with Crippen molar-refractivity contribution < 1.29 is 5.11 Å². The monoisotopic (exact) mass is 347 g/mol. The van der Waals surface area contributed by atoms with Crippen molar-refractivity contribution in [3.05, 3.63) is 40.0 Å². The molecule has 3 aromatic rings. The van der Waals surface area contributed by atoms with Crippen molar-refractivity contribution in [3.8, 4) is 11.1 Å². The Morgan fingerprint density at radius 3 is 2.61 bits per heavy atom. The number of thiophene rings is 1. The average molecular weight is 348 g/mol. The highest BCUT2D eigenvalue weighted by molar-refractivity contribution is 7.19. The number of anilines is 1. The number of aromatic nitrogens is 2. The van der Waals surface area contributed by atoms with E-state index in [4.69, 9.17) is 16.7 Å². The molecule has 2 aromatic heterocycles. The van der Waals surface area contributed by atoms with Crippen molar-refractivity contribution in [2.75, 3.05) is 18.5 Å². The van der Waals surface area contributed by atoms with Gasteiger partial charge in [0.25, 0.3) is 0 Å². The van der Waals surface area contributed by atoms with Crippen molar-refractivity contribution in [1.82, 2.24) is 9.97 Å². The third-order valence-electron chi connectivity index (χ3n) is 3.66. The number of aliphatic hydroxyl groups excluding tert-OH is 1. The number of halogens is 1. The molecule has 0 bridgehead atoms. The summed E-state index contributed by atoms with van der Waals surface area (Å²) in [6, 6.07) is 8.46. The second-order valence-corrected chi connectivity index (χ2v) is 6.71. The van der Waals surface area contributed by atoms with E-state index < -0.39 is 0 Å². The van der Waals surface area contributed by atoms with Crippen LogP contribution in [0.2, 0.25) is 5.28 Å². The molecule has 0 saturated heterocycles. The topological polar surface area (TPSA) is 58.0 Å². The van der Waals surface area contributed by atoms with Gasteiger partial charge >= 0.3 is 0 Å². The van der Waals surface area contributed by atoms with E-state index in [1.807, 2.05) is 0 Å². The van der Waals surface area contributed by atoms with Crippen molar-refractivity contribution in [3.63, 3.8) is 0 Å². The maximum atomic E-state index is 9.10. The van der Waals surface area contributed by atoms with Crippen LogP contribution in [0.25, 0.3) is 21.3 Å². The molecule has 1 aromatic carbocycles. The molecule has 2 heterocycles. The molecule has 0 saturated carbocycles. The molecule has 2 N–H and O–H groups in total. The molecular formula is C17H18ClN3OS. The molecule has 0 atom stereocenters. The van der Waals surface area contributed by atoms with Crippen molar-refractivity contribution in [2.24, 2.45) is 0 Å². The van der Waals surface area contributed by atoms with Crippen LogP contribution in [0.1, 0.15) is 17.4 Å². The Balaban J connectivity index is 2.27. The number of aliphatic hydroxyl groups is 1. The fourth-order valence-corrected chi connectivity index (χ4v) is 3.95. The van der Waals surface area contributed by atoms with Gasteiger partial charge in [-0.1, -0.05) is 36.8 Å². The minimum absolute atomic E-state index is 0.0355. The number of hydrogen-bond donors (Lipinski definition) is 2. The average Bonchev–Trinajstić information content (AvgIpc) is 2.91. The largest absolute Gasteiger partial charge is 0.395 e. The fraction of sp³-hybridized carbons (Fsp3) is 0.294. The summed E-state index contributed by atoms with van der Waals surface area (Å²) in [4.78, 5) is 10.8. The minimum Gasteiger partial charge on any atom is -0.395 e. The number of nitrogens with zero attached hydrogens (tertiary/aromatic N) is 2. The van der Waals surface area contributed by atoms with Crippen LogP contribution in [0.5, 0.6) is 0 Å². The summed E-state index contributed by atoms with van der Waals surface area (Å²) in [5.41, 5.74) is 3.53. The van der Waals surface area contributed by atoms with Crippen LogP contribution in [0.3, 0.4) is 0 Å². The van der Waals surface area contributed by atoms with Crippen LogP contribution in [0.15, 0.2) is 24.3 Å². The highest BCUT2D eigenvalue weighted by Crippen LogP contribution is 2.41. The first-order valence-corrected chi connectivity index (χ1v) is 8.74. The van der Waals surface area contributed by atoms with Crippen LogP contribution in [-0.2, 0) is 6.42 Å². The van der Waals surface area contributed by atoms with Gasteiger partial charge in [0.05, 0.1) is 12.0 Å². The van der Waals surface area contributed by atoms with Gasteiger partial charge in [-0.25, -0.2) is 9.97 Å². The second kappa shape index (κ2) is 6.83. The summed E-state index contributed by atoms with van der Waals surface area (Å²) in [6.07, 6.45) is 0.918. The third kappa shape index (κ3) is 3.17. The number of hydrogen-bond acceptors (Lipinski definition) is 5. The van der Waals surface area contributed by atoms with Gasteiger partial charge in [-0.05, 0) is 30.5 Å². The molecule has 0 aliphatic carbocycles. The van der Waals surface area contributed by atoms with E-state index in [1.165, 1.54) is 10.4 Å². The Kier molecular flexibility index (Phi) is 4.80. The lowest BCUT2D eigenvalue weighted by atomic mass is 10.0. The SMILES string of the molecule is CCc1sc2nc(Cl)nc(NCCO)c2c1-c1ccc(C)cc1. The molecule has 0 amide bonds. The van der Waals surface area contributed by atoms with Crippen LogP contribution >= 0.6 is 22.9 Å². The molecule has 0 radical (unpaired) electrons. The normalized spacial score (nSPS) is 11.1. The predicted molar refractivity (Wildman–Crippen MR) is 97.6 cm³/mol. The highest BCUT2D eigenvalue weighted by atomic mass is 35.5. The number of rotatable bonds is 5. The summed E-state index contributed by atoms with van der Waals surface area (Å²) in [7, 11) is 0. The Morgan fingerprint density at radius 1 is 1.22 bits per heavy atom. The van der Waals surface area contributed by atoms with Crippen LogP contribution in [0, 0.1) is 6.92 Å². The molecule has 0 spiro atoms. The zero-order valence-electron chi connectivity index (χ0n) is 13.1. The summed E-state index contributed by atoms with van der Waals surface area (Å²) < 4.78 is 0. The zero-order valence-corrected chi connectivity index (χ0v) is 14.6. The molecule has 0 aliphatic rings.